The van der Waals surface area contributed by atoms with Crippen molar-refractivity contribution in [3.63, 3.8) is 0 Å². The van der Waals surface area contributed by atoms with Crippen LogP contribution in [0.15, 0.2) is 36.4 Å². The van der Waals surface area contributed by atoms with Crippen LogP contribution in [0.2, 0.25) is 0 Å². The number of H-pyrrole nitrogens is 2. The molecule has 2 aromatic heterocycles. The minimum absolute atomic E-state index is 0.960. The predicted octanol–water partition coefficient (Wildman–Crippen LogP) is 3.08. The number of hydrogen-bond acceptors (Lipinski definition) is 2. The number of benzene rings is 1. The monoisotopic (exact) mass is 238 g/mol. The van der Waals surface area contributed by atoms with Gasteiger partial charge in [-0.1, -0.05) is 18.2 Å². The molecule has 18 heavy (non-hydrogen) atoms. The Balaban J connectivity index is 2.04. The molecule has 90 valence electrons. The van der Waals surface area contributed by atoms with Crippen LogP contribution in [0, 0.1) is 13.8 Å². The second kappa shape index (κ2) is 4.14. The highest BCUT2D eigenvalue weighted by Crippen LogP contribution is 2.24. The van der Waals surface area contributed by atoms with Crippen molar-refractivity contribution in [3.05, 3.63) is 47.8 Å². The van der Waals surface area contributed by atoms with E-state index < -0.39 is 0 Å². The Hall–Kier alpha value is -2.36. The van der Waals surface area contributed by atoms with E-state index >= 15 is 0 Å². The Morgan fingerprint density at radius 3 is 1.67 bits per heavy atom. The number of aromatic nitrogens is 4. The molecule has 4 nitrogen and oxygen atoms in total. The van der Waals surface area contributed by atoms with Crippen LogP contribution < -0.4 is 0 Å². The number of hydrogen-bond donors (Lipinski definition) is 2. The van der Waals surface area contributed by atoms with E-state index in [-0.39, 0.29) is 0 Å². The van der Waals surface area contributed by atoms with Crippen molar-refractivity contribution < 1.29 is 0 Å². The van der Waals surface area contributed by atoms with Crippen molar-refractivity contribution in [2.45, 2.75) is 13.8 Å². The van der Waals surface area contributed by atoms with Crippen LogP contribution >= 0.6 is 0 Å². The van der Waals surface area contributed by atoms with Crippen molar-refractivity contribution in [2.75, 3.05) is 0 Å². The van der Waals surface area contributed by atoms with E-state index in [4.69, 9.17) is 0 Å². The first-order valence-electron chi connectivity index (χ1n) is 5.87. The molecule has 1 aromatic carbocycles. The summed E-state index contributed by atoms with van der Waals surface area (Å²) in [5.74, 6) is 0. The average Bonchev–Trinajstić information content (AvgIpc) is 2.98. The number of nitrogens with one attached hydrogen (secondary N) is 2. The highest BCUT2D eigenvalue weighted by molar-refractivity contribution is 5.69. The van der Waals surface area contributed by atoms with E-state index in [1.54, 1.807) is 0 Å². The van der Waals surface area contributed by atoms with E-state index in [0.29, 0.717) is 0 Å². The average molecular weight is 238 g/mol. The SMILES string of the molecule is Cc1cc(-c2cccc(-c3cc(C)[nH]n3)c2)n[nH]1. The van der Waals surface area contributed by atoms with Gasteiger partial charge in [0.15, 0.2) is 0 Å². The number of rotatable bonds is 2. The molecular weight excluding hydrogens is 224 g/mol. The fourth-order valence-corrected chi connectivity index (χ4v) is 1.97. The second-order valence-corrected chi connectivity index (χ2v) is 4.45. The normalized spacial score (nSPS) is 10.8. The number of aromatic amines is 2. The van der Waals surface area contributed by atoms with Gasteiger partial charge in [-0.2, -0.15) is 10.2 Å². The molecule has 0 spiro atoms. The fraction of sp³-hybridized carbons (Fsp3) is 0.143. The van der Waals surface area contributed by atoms with Crippen molar-refractivity contribution in [1.82, 2.24) is 20.4 Å². The zero-order chi connectivity index (χ0) is 12.5. The summed E-state index contributed by atoms with van der Waals surface area (Å²) < 4.78 is 0. The third-order valence-electron chi connectivity index (χ3n) is 2.87. The highest BCUT2D eigenvalue weighted by atomic mass is 15.1. The van der Waals surface area contributed by atoms with Gasteiger partial charge in [-0.15, -0.1) is 0 Å². The van der Waals surface area contributed by atoms with E-state index in [1.807, 2.05) is 32.0 Å². The molecule has 0 radical (unpaired) electrons. The predicted molar refractivity (Wildman–Crippen MR) is 71.1 cm³/mol. The summed E-state index contributed by atoms with van der Waals surface area (Å²) in [6, 6.07) is 12.3. The minimum Gasteiger partial charge on any atom is -0.282 e. The number of aryl methyl sites for hydroxylation is 2. The minimum atomic E-state index is 0.960. The zero-order valence-electron chi connectivity index (χ0n) is 10.4. The van der Waals surface area contributed by atoms with Crippen LogP contribution in [0.25, 0.3) is 22.5 Å². The summed E-state index contributed by atoms with van der Waals surface area (Å²) in [5.41, 5.74) is 6.23. The smallest absolute Gasteiger partial charge is 0.0923 e. The molecule has 0 unspecified atom stereocenters. The van der Waals surface area contributed by atoms with E-state index in [9.17, 15) is 0 Å². The lowest BCUT2D eigenvalue weighted by Crippen LogP contribution is -1.82. The Bertz CT molecular complexity index is 623. The topological polar surface area (TPSA) is 57.4 Å². The van der Waals surface area contributed by atoms with E-state index in [1.165, 1.54) is 0 Å². The Morgan fingerprint density at radius 1 is 0.778 bits per heavy atom. The number of nitrogens with zero attached hydrogens (tertiary/aromatic N) is 2. The largest absolute Gasteiger partial charge is 0.282 e. The third kappa shape index (κ3) is 1.93. The molecule has 0 amide bonds. The van der Waals surface area contributed by atoms with Crippen LogP contribution in [0.3, 0.4) is 0 Å². The lowest BCUT2D eigenvalue weighted by Gasteiger charge is -2.00. The van der Waals surface area contributed by atoms with Gasteiger partial charge in [0.2, 0.25) is 0 Å². The van der Waals surface area contributed by atoms with Crippen LogP contribution in [-0.4, -0.2) is 20.4 Å². The fourth-order valence-electron chi connectivity index (χ4n) is 1.97. The summed E-state index contributed by atoms with van der Waals surface area (Å²) in [6.07, 6.45) is 0. The maximum atomic E-state index is 4.27. The molecule has 3 aromatic rings. The van der Waals surface area contributed by atoms with E-state index in [0.717, 1.165) is 33.9 Å². The lowest BCUT2D eigenvalue weighted by atomic mass is 10.1. The Morgan fingerprint density at radius 2 is 1.28 bits per heavy atom. The molecule has 4 heteroatoms. The molecule has 0 saturated heterocycles. The Labute approximate surface area is 105 Å². The van der Waals surface area contributed by atoms with Crippen molar-refractivity contribution >= 4 is 0 Å². The van der Waals surface area contributed by atoms with Gasteiger partial charge in [0.05, 0.1) is 11.4 Å². The van der Waals surface area contributed by atoms with Gasteiger partial charge >= 0.3 is 0 Å². The van der Waals surface area contributed by atoms with Crippen LogP contribution in [0.4, 0.5) is 0 Å². The standard InChI is InChI=1S/C14H14N4/c1-9-6-13(17-15-9)11-4-3-5-12(8-11)14-7-10(2)16-18-14/h3-8H,1-2H3,(H,15,17)(H,16,18). The maximum absolute atomic E-state index is 4.27. The van der Waals surface area contributed by atoms with Crippen molar-refractivity contribution in [1.29, 1.82) is 0 Å². The molecular formula is C14H14N4. The molecule has 3 rings (SSSR count). The van der Waals surface area contributed by atoms with E-state index in [2.05, 4.69) is 38.6 Å². The van der Waals surface area contributed by atoms with Gasteiger partial charge in [0.1, 0.15) is 0 Å². The molecule has 0 aliphatic carbocycles. The highest BCUT2D eigenvalue weighted by Gasteiger charge is 2.06. The van der Waals surface area contributed by atoms with Crippen LogP contribution in [-0.2, 0) is 0 Å². The molecule has 0 fully saturated rings. The molecule has 0 aliphatic rings. The third-order valence-corrected chi connectivity index (χ3v) is 2.87. The van der Waals surface area contributed by atoms with Gasteiger partial charge < -0.3 is 0 Å². The van der Waals surface area contributed by atoms with Gasteiger partial charge in [-0.3, -0.25) is 10.2 Å². The van der Waals surface area contributed by atoms with Gasteiger partial charge in [-0.05, 0) is 32.0 Å². The first-order valence-corrected chi connectivity index (χ1v) is 5.87. The molecule has 2 N–H and O–H groups in total. The summed E-state index contributed by atoms with van der Waals surface area (Å²) >= 11 is 0. The first kappa shape index (κ1) is 10.8. The van der Waals surface area contributed by atoms with Crippen molar-refractivity contribution in [3.8, 4) is 22.5 Å². The van der Waals surface area contributed by atoms with Crippen LogP contribution in [0.1, 0.15) is 11.4 Å². The zero-order valence-corrected chi connectivity index (χ0v) is 10.4. The summed E-state index contributed by atoms with van der Waals surface area (Å²) in [7, 11) is 0. The molecule has 0 bridgehead atoms. The van der Waals surface area contributed by atoms with Gasteiger partial charge in [0, 0.05) is 22.5 Å². The molecule has 2 heterocycles. The Kier molecular flexibility index (Phi) is 2.48. The molecule has 0 atom stereocenters. The summed E-state index contributed by atoms with van der Waals surface area (Å²) in [6.45, 7) is 3.99. The maximum Gasteiger partial charge on any atom is 0.0923 e. The molecule has 0 aliphatic heterocycles. The van der Waals surface area contributed by atoms with Crippen LogP contribution in [0.5, 0.6) is 0 Å². The first-order chi connectivity index (χ1) is 8.72. The quantitative estimate of drug-likeness (QED) is 0.720. The molecule has 0 saturated carbocycles. The van der Waals surface area contributed by atoms with Crippen molar-refractivity contribution in [2.24, 2.45) is 0 Å². The lowest BCUT2D eigenvalue weighted by molar-refractivity contribution is 1.05. The van der Waals surface area contributed by atoms with Gasteiger partial charge in [-0.25, -0.2) is 0 Å². The van der Waals surface area contributed by atoms with Gasteiger partial charge in [0.25, 0.3) is 0 Å². The summed E-state index contributed by atoms with van der Waals surface area (Å²) in [4.78, 5) is 0. The second-order valence-electron chi connectivity index (χ2n) is 4.45. The summed E-state index contributed by atoms with van der Waals surface area (Å²) in [5, 5.41) is 14.5.